The molecule has 6 N–H and O–H groups in total. The molecular formula is C18H31BN4O6S. The molecule has 0 saturated heterocycles. The molecule has 10 nitrogen and oxygen atoms in total. The van der Waals surface area contributed by atoms with E-state index in [1.54, 1.807) is 24.3 Å². The van der Waals surface area contributed by atoms with Gasteiger partial charge in [0.1, 0.15) is 6.04 Å². The van der Waals surface area contributed by atoms with Crippen LogP contribution in [0.2, 0.25) is 0 Å². The van der Waals surface area contributed by atoms with E-state index < -0.39 is 35.0 Å². The molecule has 1 aromatic carbocycles. The Hall–Kier alpha value is -1.99. The van der Waals surface area contributed by atoms with Gasteiger partial charge in [0.15, 0.2) is 0 Å². The Morgan fingerprint density at radius 1 is 1.20 bits per heavy atom. The molecular weight excluding hydrogens is 411 g/mol. The fourth-order valence-electron chi connectivity index (χ4n) is 2.78. The number of amides is 2. The molecule has 168 valence electrons. The molecule has 30 heavy (non-hydrogen) atoms. The lowest BCUT2D eigenvalue weighted by molar-refractivity contribution is -0.136. The van der Waals surface area contributed by atoms with E-state index in [0.29, 0.717) is 25.8 Å². The fourth-order valence-corrected chi connectivity index (χ4v) is 3.49. The standard InChI is InChI=1S/C18H31BN4O6S/c1-23(13-17(24)21-11-7-6-10-16(20)19(26)27)18(25)15(22-30(2,28)29)12-14-8-4-3-5-9-14/h3-5,8-9,15-16,22,26-27H,6-7,10-13,20H2,1-2H3,(H,21,24)/t15-,16?/m1/s1. The summed E-state index contributed by atoms with van der Waals surface area (Å²) in [7, 11) is -3.76. The Balaban J connectivity index is 2.54. The van der Waals surface area contributed by atoms with Gasteiger partial charge < -0.3 is 26.0 Å². The third-order valence-corrected chi connectivity index (χ3v) is 5.08. The third kappa shape index (κ3) is 10.7. The molecule has 0 fully saturated rings. The Morgan fingerprint density at radius 3 is 2.40 bits per heavy atom. The molecule has 0 spiro atoms. The van der Waals surface area contributed by atoms with Gasteiger partial charge in [-0.15, -0.1) is 0 Å². The van der Waals surface area contributed by atoms with Crippen LogP contribution in [0.25, 0.3) is 0 Å². The highest BCUT2D eigenvalue weighted by atomic mass is 32.2. The van der Waals surface area contributed by atoms with Crippen molar-refractivity contribution in [3.05, 3.63) is 35.9 Å². The number of nitrogens with zero attached hydrogens (tertiary/aromatic N) is 1. The van der Waals surface area contributed by atoms with Crippen LogP contribution in [0.4, 0.5) is 0 Å². The van der Waals surface area contributed by atoms with E-state index in [1.807, 2.05) is 6.07 Å². The normalized spacial score (nSPS) is 13.4. The van der Waals surface area contributed by atoms with Crippen molar-refractivity contribution in [2.75, 3.05) is 26.4 Å². The summed E-state index contributed by atoms with van der Waals surface area (Å²) in [5, 5.41) is 20.5. The highest BCUT2D eigenvalue weighted by molar-refractivity contribution is 7.88. The summed E-state index contributed by atoms with van der Waals surface area (Å²) in [6.45, 7) is 0.134. The zero-order chi connectivity index (χ0) is 22.7. The maximum Gasteiger partial charge on any atom is 0.469 e. The Labute approximate surface area is 178 Å². The van der Waals surface area contributed by atoms with Crippen molar-refractivity contribution in [3.63, 3.8) is 0 Å². The number of sulfonamides is 1. The zero-order valence-corrected chi connectivity index (χ0v) is 18.1. The molecule has 1 aromatic rings. The molecule has 0 aromatic heterocycles. The first-order valence-corrected chi connectivity index (χ1v) is 11.5. The SMILES string of the molecule is CN(CC(=O)NCCCCC(N)B(O)O)C(=O)[C@@H](Cc1ccccc1)NS(C)(=O)=O. The van der Waals surface area contributed by atoms with E-state index in [-0.39, 0.29) is 18.9 Å². The number of hydrogen-bond acceptors (Lipinski definition) is 7. The number of hydrogen-bond donors (Lipinski definition) is 5. The smallest absolute Gasteiger partial charge is 0.426 e. The van der Waals surface area contributed by atoms with Crippen molar-refractivity contribution in [2.24, 2.45) is 5.73 Å². The molecule has 12 heteroatoms. The molecule has 1 unspecified atom stereocenters. The van der Waals surface area contributed by atoms with Crippen LogP contribution in [0, 0.1) is 0 Å². The second kappa shape index (κ2) is 12.7. The Morgan fingerprint density at radius 2 is 1.83 bits per heavy atom. The van der Waals surface area contributed by atoms with Gasteiger partial charge in [-0.1, -0.05) is 36.8 Å². The quantitative estimate of drug-likeness (QED) is 0.178. The van der Waals surface area contributed by atoms with Gasteiger partial charge in [-0.2, -0.15) is 0 Å². The molecule has 0 aliphatic carbocycles. The molecule has 0 aliphatic heterocycles. The first kappa shape index (κ1) is 26.1. The predicted octanol–water partition coefficient (Wildman–Crippen LogP) is -1.77. The van der Waals surface area contributed by atoms with Gasteiger partial charge in [0.2, 0.25) is 21.8 Å². The average molecular weight is 442 g/mol. The molecule has 0 radical (unpaired) electrons. The molecule has 1 rings (SSSR count). The number of unbranched alkanes of at least 4 members (excludes halogenated alkanes) is 1. The van der Waals surface area contributed by atoms with Gasteiger partial charge >= 0.3 is 7.12 Å². The number of rotatable bonds is 13. The lowest BCUT2D eigenvalue weighted by Crippen LogP contribution is -2.50. The summed E-state index contributed by atoms with van der Waals surface area (Å²) >= 11 is 0. The minimum Gasteiger partial charge on any atom is -0.426 e. The van der Waals surface area contributed by atoms with Crippen molar-refractivity contribution in [1.82, 2.24) is 14.9 Å². The van der Waals surface area contributed by atoms with E-state index >= 15 is 0 Å². The summed E-state index contributed by atoms with van der Waals surface area (Å²) in [5.74, 6) is -1.62. The lowest BCUT2D eigenvalue weighted by Gasteiger charge is -2.24. The second-order valence-electron chi connectivity index (χ2n) is 7.25. The van der Waals surface area contributed by atoms with Gasteiger partial charge in [0.25, 0.3) is 0 Å². The third-order valence-electron chi connectivity index (χ3n) is 4.36. The summed E-state index contributed by atoms with van der Waals surface area (Å²) < 4.78 is 25.7. The van der Waals surface area contributed by atoms with Crippen molar-refractivity contribution in [3.8, 4) is 0 Å². The number of likely N-dealkylation sites (N-methyl/N-ethyl adjacent to an activating group) is 1. The first-order valence-electron chi connectivity index (χ1n) is 9.64. The van der Waals surface area contributed by atoms with E-state index in [1.165, 1.54) is 11.9 Å². The maximum absolute atomic E-state index is 12.7. The van der Waals surface area contributed by atoms with Crippen LogP contribution in [-0.2, 0) is 26.0 Å². The van der Waals surface area contributed by atoms with Crippen molar-refractivity contribution < 1.29 is 28.1 Å². The number of nitrogens with two attached hydrogens (primary N) is 1. The van der Waals surface area contributed by atoms with E-state index in [2.05, 4.69) is 10.0 Å². The minimum atomic E-state index is -3.63. The Kier molecular flexibility index (Phi) is 11.0. The summed E-state index contributed by atoms with van der Waals surface area (Å²) in [4.78, 5) is 26.0. The van der Waals surface area contributed by atoms with Crippen LogP contribution in [-0.4, -0.2) is 80.7 Å². The topological polar surface area (TPSA) is 162 Å². The molecule has 2 amide bonds. The summed E-state index contributed by atoms with van der Waals surface area (Å²) in [6, 6.07) is 7.97. The van der Waals surface area contributed by atoms with Crippen LogP contribution < -0.4 is 15.8 Å². The van der Waals surface area contributed by atoms with Gasteiger partial charge in [-0.3, -0.25) is 9.59 Å². The summed E-state index contributed by atoms with van der Waals surface area (Å²) in [5.41, 5.74) is 6.29. The number of carbonyl (C=O) groups is 2. The van der Waals surface area contributed by atoms with Crippen LogP contribution in [0.1, 0.15) is 24.8 Å². The van der Waals surface area contributed by atoms with Gasteiger partial charge in [-0.05, 0) is 24.8 Å². The molecule has 0 heterocycles. The predicted molar refractivity (Wildman–Crippen MR) is 115 cm³/mol. The zero-order valence-electron chi connectivity index (χ0n) is 17.3. The van der Waals surface area contributed by atoms with Crippen LogP contribution in [0.3, 0.4) is 0 Å². The van der Waals surface area contributed by atoms with Crippen LogP contribution >= 0.6 is 0 Å². The van der Waals surface area contributed by atoms with E-state index in [9.17, 15) is 18.0 Å². The fraction of sp³-hybridized carbons (Fsp3) is 0.556. The molecule has 0 bridgehead atoms. The van der Waals surface area contributed by atoms with Crippen molar-refractivity contribution in [1.29, 1.82) is 0 Å². The van der Waals surface area contributed by atoms with E-state index in [0.717, 1.165) is 11.8 Å². The van der Waals surface area contributed by atoms with Crippen molar-refractivity contribution >= 4 is 29.0 Å². The van der Waals surface area contributed by atoms with E-state index in [4.69, 9.17) is 15.8 Å². The monoisotopic (exact) mass is 442 g/mol. The number of carbonyl (C=O) groups excluding carboxylic acids is 2. The summed E-state index contributed by atoms with van der Waals surface area (Å²) in [6.07, 6.45) is 2.74. The first-order chi connectivity index (χ1) is 14.0. The second-order valence-corrected chi connectivity index (χ2v) is 9.03. The molecule has 0 saturated carbocycles. The number of benzene rings is 1. The molecule has 0 aliphatic rings. The minimum absolute atomic E-state index is 0.162. The van der Waals surface area contributed by atoms with Crippen LogP contribution in [0.5, 0.6) is 0 Å². The molecule has 2 atom stereocenters. The van der Waals surface area contributed by atoms with Crippen molar-refractivity contribution in [2.45, 2.75) is 37.7 Å². The largest absolute Gasteiger partial charge is 0.469 e. The van der Waals surface area contributed by atoms with Gasteiger partial charge in [0, 0.05) is 19.5 Å². The van der Waals surface area contributed by atoms with Gasteiger partial charge in [0.05, 0.1) is 12.8 Å². The van der Waals surface area contributed by atoms with Gasteiger partial charge in [-0.25, -0.2) is 13.1 Å². The Bertz CT molecular complexity index is 778. The average Bonchev–Trinajstić information content (AvgIpc) is 2.66. The van der Waals surface area contributed by atoms with Crippen LogP contribution in [0.15, 0.2) is 30.3 Å². The highest BCUT2D eigenvalue weighted by Gasteiger charge is 2.26. The maximum atomic E-state index is 12.7. The number of nitrogens with one attached hydrogen (secondary N) is 2. The lowest BCUT2D eigenvalue weighted by atomic mass is 9.77. The highest BCUT2D eigenvalue weighted by Crippen LogP contribution is 2.07.